The lowest BCUT2D eigenvalue weighted by molar-refractivity contribution is -0.124. The average molecular weight is 478 g/mol. The van der Waals surface area contributed by atoms with E-state index in [2.05, 4.69) is 5.32 Å². The Morgan fingerprint density at radius 3 is 2.39 bits per heavy atom. The monoisotopic (exact) mass is 477 g/mol. The standard InChI is InChI=1S/C23H28FN3O5S/c1-26(2)33(30,31)19-9-10-21(27-13-3-4-14-27)20(15-19)23(29)32-16-22(28)25-12-11-17-5-7-18(24)8-6-17/h5-10,15H,3-4,11-14,16H2,1-2H3,(H,25,28). The van der Waals surface area contributed by atoms with Gasteiger partial charge in [-0.25, -0.2) is 21.9 Å². The number of rotatable bonds is 9. The van der Waals surface area contributed by atoms with Crippen molar-refractivity contribution in [3.63, 3.8) is 0 Å². The average Bonchev–Trinajstić information content (AvgIpc) is 3.33. The van der Waals surface area contributed by atoms with Crippen molar-refractivity contribution in [2.75, 3.05) is 45.2 Å². The smallest absolute Gasteiger partial charge is 0.340 e. The molecule has 10 heteroatoms. The summed E-state index contributed by atoms with van der Waals surface area (Å²) in [5.74, 6) is -1.57. The fourth-order valence-corrected chi connectivity index (χ4v) is 4.47. The number of nitrogens with zero attached hydrogens (tertiary/aromatic N) is 2. The van der Waals surface area contributed by atoms with Crippen LogP contribution in [0.5, 0.6) is 0 Å². The highest BCUT2D eigenvalue weighted by Crippen LogP contribution is 2.28. The molecule has 1 heterocycles. The highest BCUT2D eigenvalue weighted by atomic mass is 32.2. The molecule has 0 unspecified atom stereocenters. The minimum Gasteiger partial charge on any atom is -0.452 e. The number of carbonyl (C=O) groups is 2. The van der Waals surface area contributed by atoms with E-state index in [4.69, 9.17) is 4.74 Å². The largest absolute Gasteiger partial charge is 0.452 e. The van der Waals surface area contributed by atoms with Crippen LogP contribution in [0.3, 0.4) is 0 Å². The van der Waals surface area contributed by atoms with Crippen molar-refractivity contribution in [3.05, 3.63) is 59.4 Å². The fourth-order valence-electron chi connectivity index (χ4n) is 3.54. The van der Waals surface area contributed by atoms with Crippen LogP contribution in [0.4, 0.5) is 10.1 Å². The zero-order valence-corrected chi connectivity index (χ0v) is 19.5. The van der Waals surface area contributed by atoms with Crippen LogP contribution in [-0.4, -0.2) is 64.9 Å². The van der Waals surface area contributed by atoms with Crippen LogP contribution in [0, 0.1) is 5.82 Å². The van der Waals surface area contributed by atoms with E-state index in [1.54, 1.807) is 18.2 Å². The number of hydrogen-bond donors (Lipinski definition) is 1. The van der Waals surface area contributed by atoms with Gasteiger partial charge < -0.3 is 15.0 Å². The number of esters is 1. The summed E-state index contributed by atoms with van der Waals surface area (Å²) >= 11 is 0. The lowest BCUT2D eigenvalue weighted by atomic mass is 10.1. The molecule has 2 aromatic carbocycles. The molecule has 1 amide bonds. The summed E-state index contributed by atoms with van der Waals surface area (Å²) in [5, 5.41) is 2.65. The van der Waals surface area contributed by atoms with Gasteiger partial charge in [-0.1, -0.05) is 12.1 Å². The van der Waals surface area contributed by atoms with Crippen molar-refractivity contribution in [2.24, 2.45) is 0 Å². The van der Waals surface area contributed by atoms with Crippen molar-refractivity contribution in [3.8, 4) is 0 Å². The number of ether oxygens (including phenoxy) is 1. The number of hydrogen-bond acceptors (Lipinski definition) is 6. The Morgan fingerprint density at radius 2 is 1.76 bits per heavy atom. The van der Waals surface area contributed by atoms with Gasteiger partial charge in [0.05, 0.1) is 16.1 Å². The van der Waals surface area contributed by atoms with Crippen LogP contribution < -0.4 is 10.2 Å². The molecule has 0 spiro atoms. The van der Waals surface area contributed by atoms with E-state index in [0.717, 1.165) is 35.8 Å². The van der Waals surface area contributed by atoms with Crippen molar-refractivity contribution in [1.29, 1.82) is 0 Å². The third-order valence-electron chi connectivity index (χ3n) is 5.40. The van der Waals surface area contributed by atoms with Crippen LogP contribution in [0.1, 0.15) is 28.8 Å². The maximum atomic E-state index is 13.0. The van der Waals surface area contributed by atoms with Crippen molar-refractivity contribution < 1.29 is 27.1 Å². The Balaban J connectivity index is 1.65. The van der Waals surface area contributed by atoms with E-state index >= 15 is 0 Å². The van der Waals surface area contributed by atoms with Crippen LogP contribution in [0.25, 0.3) is 0 Å². The first-order valence-corrected chi connectivity index (χ1v) is 12.1. The normalized spacial score (nSPS) is 13.9. The molecule has 1 saturated heterocycles. The Hall–Kier alpha value is -2.98. The Bertz CT molecular complexity index is 1100. The number of benzene rings is 2. The van der Waals surface area contributed by atoms with Gasteiger partial charge in [0.25, 0.3) is 5.91 Å². The first-order valence-electron chi connectivity index (χ1n) is 10.7. The Labute approximate surface area is 193 Å². The quantitative estimate of drug-likeness (QED) is 0.557. The molecule has 178 valence electrons. The molecule has 33 heavy (non-hydrogen) atoms. The molecule has 2 aromatic rings. The number of anilines is 1. The molecule has 0 aliphatic carbocycles. The molecular formula is C23H28FN3O5S. The summed E-state index contributed by atoms with van der Waals surface area (Å²) in [6.45, 7) is 1.32. The zero-order valence-electron chi connectivity index (χ0n) is 18.7. The minimum absolute atomic E-state index is 0.0221. The number of nitrogens with one attached hydrogen (secondary N) is 1. The van der Waals surface area contributed by atoms with Crippen molar-refractivity contribution in [2.45, 2.75) is 24.2 Å². The van der Waals surface area contributed by atoms with Crippen LogP contribution >= 0.6 is 0 Å². The predicted molar refractivity (Wildman–Crippen MR) is 122 cm³/mol. The summed E-state index contributed by atoms with van der Waals surface area (Å²) in [7, 11) is -0.912. The molecule has 0 bridgehead atoms. The van der Waals surface area contributed by atoms with E-state index in [-0.39, 0.29) is 16.3 Å². The second kappa shape index (κ2) is 10.8. The molecule has 1 aliphatic heterocycles. The molecule has 0 atom stereocenters. The Kier molecular flexibility index (Phi) is 8.04. The second-order valence-electron chi connectivity index (χ2n) is 7.96. The molecule has 1 aliphatic rings. The summed E-state index contributed by atoms with van der Waals surface area (Å²) < 4.78 is 44.3. The number of amides is 1. The number of carbonyl (C=O) groups excluding carboxylic acids is 2. The minimum atomic E-state index is -3.74. The predicted octanol–water partition coefficient (Wildman–Crippen LogP) is 2.19. The first-order chi connectivity index (χ1) is 15.7. The van der Waals surface area contributed by atoms with Crippen LogP contribution in [0.15, 0.2) is 47.4 Å². The summed E-state index contributed by atoms with van der Waals surface area (Å²) in [6.07, 6.45) is 2.45. The maximum Gasteiger partial charge on any atom is 0.340 e. The third-order valence-corrected chi connectivity index (χ3v) is 7.21. The van der Waals surface area contributed by atoms with E-state index < -0.39 is 28.5 Å². The van der Waals surface area contributed by atoms with Gasteiger partial charge >= 0.3 is 5.97 Å². The highest BCUT2D eigenvalue weighted by molar-refractivity contribution is 7.89. The topological polar surface area (TPSA) is 96.0 Å². The number of sulfonamides is 1. The SMILES string of the molecule is CN(C)S(=O)(=O)c1ccc(N2CCCC2)c(C(=O)OCC(=O)NCCc2ccc(F)cc2)c1. The van der Waals surface area contributed by atoms with Gasteiger partial charge in [0.1, 0.15) is 5.82 Å². The second-order valence-corrected chi connectivity index (χ2v) is 10.1. The molecule has 0 aromatic heterocycles. The molecule has 8 nitrogen and oxygen atoms in total. The van der Waals surface area contributed by atoms with Gasteiger partial charge in [-0.05, 0) is 55.2 Å². The molecular weight excluding hydrogens is 449 g/mol. The fraction of sp³-hybridized carbons (Fsp3) is 0.391. The van der Waals surface area contributed by atoms with E-state index in [1.807, 2.05) is 4.90 Å². The Morgan fingerprint density at radius 1 is 1.09 bits per heavy atom. The van der Waals surface area contributed by atoms with Crippen molar-refractivity contribution >= 4 is 27.6 Å². The molecule has 3 rings (SSSR count). The highest BCUT2D eigenvalue weighted by Gasteiger charge is 2.25. The molecule has 0 saturated carbocycles. The van der Waals surface area contributed by atoms with E-state index in [1.165, 1.54) is 38.4 Å². The van der Waals surface area contributed by atoms with Gasteiger partial charge in [-0.3, -0.25) is 4.79 Å². The summed E-state index contributed by atoms with van der Waals surface area (Å²) in [5.41, 5.74) is 1.56. The van der Waals surface area contributed by atoms with Gasteiger partial charge in [-0.2, -0.15) is 0 Å². The van der Waals surface area contributed by atoms with Gasteiger partial charge in [0, 0.05) is 33.7 Å². The van der Waals surface area contributed by atoms with Crippen LogP contribution in [-0.2, 0) is 26.0 Å². The molecule has 1 N–H and O–H groups in total. The summed E-state index contributed by atoms with van der Waals surface area (Å²) in [4.78, 5) is 26.9. The van der Waals surface area contributed by atoms with Gasteiger partial charge in [-0.15, -0.1) is 0 Å². The lowest BCUT2D eigenvalue weighted by Gasteiger charge is -2.22. The summed E-state index contributed by atoms with van der Waals surface area (Å²) in [6, 6.07) is 10.4. The molecule has 0 radical (unpaired) electrons. The van der Waals surface area contributed by atoms with Gasteiger partial charge in [0.2, 0.25) is 10.0 Å². The number of halogens is 1. The zero-order chi connectivity index (χ0) is 24.0. The molecule has 1 fully saturated rings. The lowest BCUT2D eigenvalue weighted by Crippen LogP contribution is -2.31. The first kappa shape index (κ1) is 24.7. The van der Waals surface area contributed by atoms with Crippen molar-refractivity contribution in [1.82, 2.24) is 9.62 Å². The van der Waals surface area contributed by atoms with Gasteiger partial charge in [0.15, 0.2) is 6.61 Å². The van der Waals surface area contributed by atoms with Crippen LogP contribution in [0.2, 0.25) is 0 Å². The third kappa shape index (κ3) is 6.29. The maximum absolute atomic E-state index is 13.0. The van der Waals surface area contributed by atoms with E-state index in [9.17, 15) is 22.4 Å². The van der Waals surface area contributed by atoms with E-state index in [0.29, 0.717) is 18.7 Å².